The summed E-state index contributed by atoms with van der Waals surface area (Å²) in [7, 11) is 0. The lowest BCUT2D eigenvalue weighted by molar-refractivity contribution is -0.163. The highest BCUT2D eigenvalue weighted by Crippen LogP contribution is 2.37. The first-order valence-corrected chi connectivity index (χ1v) is 8.26. The Balaban J connectivity index is 2.27. The normalized spacial score (nSPS) is 13.3. The van der Waals surface area contributed by atoms with Crippen LogP contribution in [0.15, 0.2) is 48.5 Å². The van der Waals surface area contributed by atoms with Crippen LogP contribution in [0.4, 0.5) is 0 Å². The van der Waals surface area contributed by atoms with Crippen molar-refractivity contribution in [1.29, 1.82) is 0 Å². The molecule has 2 atom stereocenters. The number of rotatable bonds is 7. The smallest absolute Gasteiger partial charge is 0.308 e. The monoisotopic (exact) mass is 368 g/mol. The molecule has 0 fully saturated rings. The van der Waals surface area contributed by atoms with Gasteiger partial charge in [-0.25, -0.2) is 0 Å². The maximum atomic E-state index is 11.9. The number of ether oxygens (including phenoxy) is 2. The average molecular weight is 369 g/mol. The van der Waals surface area contributed by atoms with Crippen LogP contribution in [0.3, 0.4) is 0 Å². The lowest BCUT2D eigenvalue weighted by atomic mass is 10.1. The third kappa shape index (κ3) is 4.95. The first-order chi connectivity index (χ1) is 11.5. The van der Waals surface area contributed by atoms with Gasteiger partial charge in [0.15, 0.2) is 6.29 Å². The number of carbonyl (C=O) groups is 1. The predicted octanol–water partition coefficient (Wildman–Crippen LogP) is 4.70. The van der Waals surface area contributed by atoms with E-state index in [-0.39, 0.29) is 13.0 Å². The Labute approximate surface area is 150 Å². The van der Waals surface area contributed by atoms with Crippen LogP contribution in [0.5, 0.6) is 0 Å². The molecule has 1 N–H and O–H groups in total. The minimum Gasteiger partial charge on any atom is -0.466 e. The summed E-state index contributed by atoms with van der Waals surface area (Å²) in [5, 5.41) is 11.0. The lowest BCUT2D eigenvalue weighted by Crippen LogP contribution is -2.16. The van der Waals surface area contributed by atoms with Gasteiger partial charge in [-0.2, -0.15) is 0 Å². The molecule has 24 heavy (non-hydrogen) atoms. The van der Waals surface area contributed by atoms with Gasteiger partial charge >= 0.3 is 5.97 Å². The molecular weight excluding hydrogens is 351 g/mol. The zero-order valence-electron chi connectivity index (χ0n) is 13.1. The summed E-state index contributed by atoms with van der Waals surface area (Å²) in [6.07, 6.45) is -2.17. The zero-order valence-corrected chi connectivity index (χ0v) is 14.6. The maximum Gasteiger partial charge on any atom is 0.308 e. The van der Waals surface area contributed by atoms with Crippen molar-refractivity contribution in [3.63, 3.8) is 0 Å². The number of carbonyl (C=O) groups excluding carboxylic acids is 1. The molecular formula is C18H18Cl2O4. The number of hydrogen-bond donors (Lipinski definition) is 1. The van der Waals surface area contributed by atoms with Crippen LogP contribution >= 0.6 is 23.2 Å². The summed E-state index contributed by atoms with van der Waals surface area (Å²) in [5.74, 6) is -0.459. The van der Waals surface area contributed by atoms with Crippen molar-refractivity contribution in [3.8, 4) is 0 Å². The van der Waals surface area contributed by atoms with Gasteiger partial charge < -0.3 is 14.6 Å². The summed E-state index contributed by atoms with van der Waals surface area (Å²) >= 11 is 12.4. The zero-order chi connectivity index (χ0) is 17.5. The number of aliphatic hydroxyl groups excluding tert-OH is 1. The molecule has 2 rings (SSSR count). The Kier molecular flexibility index (Phi) is 7.06. The van der Waals surface area contributed by atoms with E-state index < -0.39 is 18.4 Å². The number of halogens is 2. The average Bonchev–Trinajstić information content (AvgIpc) is 2.55. The highest BCUT2D eigenvalue weighted by Gasteiger charge is 2.26. The van der Waals surface area contributed by atoms with Gasteiger partial charge in [-0.05, 0) is 19.1 Å². The standard InChI is InChI=1S/C18H18Cl2O4/c1-2-23-16(21)11-15(17-13(19)9-6-10-14(17)20)24-18(22)12-7-4-3-5-8-12/h3-10,15,18,22H,2,11H2,1H3/t15-,18?/m1/s1. The van der Waals surface area contributed by atoms with Crippen LogP contribution in [0, 0.1) is 0 Å². The van der Waals surface area contributed by atoms with E-state index in [1.165, 1.54) is 0 Å². The van der Waals surface area contributed by atoms with E-state index in [1.807, 2.05) is 6.07 Å². The van der Waals surface area contributed by atoms with Crippen LogP contribution in [-0.2, 0) is 14.3 Å². The number of hydrogen-bond acceptors (Lipinski definition) is 4. The topological polar surface area (TPSA) is 55.8 Å². The predicted molar refractivity (Wildman–Crippen MR) is 92.9 cm³/mol. The van der Waals surface area contributed by atoms with Gasteiger partial charge in [0.2, 0.25) is 0 Å². The first-order valence-electron chi connectivity index (χ1n) is 7.51. The van der Waals surface area contributed by atoms with Gasteiger partial charge in [-0.1, -0.05) is 59.6 Å². The molecule has 0 saturated heterocycles. The SMILES string of the molecule is CCOC(=O)C[C@@H](OC(O)c1ccccc1)c1c(Cl)cccc1Cl. The van der Waals surface area contributed by atoms with E-state index in [1.54, 1.807) is 49.4 Å². The summed E-state index contributed by atoms with van der Waals surface area (Å²) in [4.78, 5) is 11.9. The highest BCUT2D eigenvalue weighted by molar-refractivity contribution is 6.36. The number of benzene rings is 2. The van der Waals surface area contributed by atoms with Crippen molar-refractivity contribution in [3.05, 3.63) is 69.7 Å². The minimum absolute atomic E-state index is 0.110. The second-order valence-electron chi connectivity index (χ2n) is 5.03. The first kappa shape index (κ1) is 18.7. The molecule has 0 amide bonds. The van der Waals surface area contributed by atoms with Crippen molar-refractivity contribution in [1.82, 2.24) is 0 Å². The maximum absolute atomic E-state index is 11.9. The number of esters is 1. The van der Waals surface area contributed by atoms with Crippen molar-refractivity contribution >= 4 is 29.2 Å². The Hall–Kier alpha value is -1.59. The molecule has 0 saturated carbocycles. The molecule has 0 heterocycles. The second kappa shape index (κ2) is 9.04. The molecule has 0 aliphatic carbocycles. The molecule has 2 aromatic carbocycles. The molecule has 1 unspecified atom stereocenters. The van der Waals surface area contributed by atoms with Gasteiger partial charge in [0, 0.05) is 21.2 Å². The molecule has 128 valence electrons. The quantitative estimate of drug-likeness (QED) is 0.568. The van der Waals surface area contributed by atoms with Crippen LogP contribution < -0.4 is 0 Å². The fraction of sp³-hybridized carbons (Fsp3) is 0.278. The molecule has 0 spiro atoms. The lowest BCUT2D eigenvalue weighted by Gasteiger charge is -2.23. The Morgan fingerprint density at radius 2 is 1.71 bits per heavy atom. The minimum atomic E-state index is -1.22. The molecule has 2 aromatic rings. The fourth-order valence-electron chi connectivity index (χ4n) is 2.26. The van der Waals surface area contributed by atoms with E-state index >= 15 is 0 Å². The van der Waals surface area contributed by atoms with Crippen molar-refractivity contribution in [2.24, 2.45) is 0 Å². The van der Waals surface area contributed by atoms with Crippen LogP contribution in [0.25, 0.3) is 0 Å². The largest absolute Gasteiger partial charge is 0.466 e. The summed E-state index contributed by atoms with van der Waals surface area (Å²) < 4.78 is 10.7. The van der Waals surface area contributed by atoms with E-state index in [0.29, 0.717) is 21.2 Å². The molecule has 0 aliphatic heterocycles. The summed E-state index contributed by atoms with van der Waals surface area (Å²) in [6, 6.07) is 13.8. The molecule has 6 heteroatoms. The Morgan fingerprint density at radius 3 is 2.29 bits per heavy atom. The van der Waals surface area contributed by atoms with Gasteiger partial charge in [-0.3, -0.25) is 4.79 Å². The van der Waals surface area contributed by atoms with Crippen LogP contribution in [-0.4, -0.2) is 17.7 Å². The van der Waals surface area contributed by atoms with Crippen molar-refractivity contribution in [2.45, 2.75) is 25.7 Å². The summed E-state index contributed by atoms with van der Waals surface area (Å²) in [6.45, 7) is 1.97. The van der Waals surface area contributed by atoms with Crippen molar-refractivity contribution < 1.29 is 19.4 Å². The van der Waals surface area contributed by atoms with Gasteiger partial charge in [0.25, 0.3) is 0 Å². The third-order valence-electron chi connectivity index (χ3n) is 3.36. The molecule has 0 radical (unpaired) electrons. The second-order valence-corrected chi connectivity index (χ2v) is 5.85. The molecule has 0 aromatic heterocycles. The van der Waals surface area contributed by atoms with Gasteiger partial charge in [0.05, 0.1) is 19.1 Å². The van der Waals surface area contributed by atoms with Crippen LogP contribution in [0.1, 0.15) is 36.9 Å². The molecule has 0 aliphatic rings. The third-order valence-corrected chi connectivity index (χ3v) is 4.02. The number of aliphatic hydroxyl groups is 1. The van der Waals surface area contributed by atoms with E-state index in [2.05, 4.69) is 0 Å². The Morgan fingerprint density at radius 1 is 1.08 bits per heavy atom. The Bertz CT molecular complexity index is 656. The van der Waals surface area contributed by atoms with Gasteiger partial charge in [-0.15, -0.1) is 0 Å². The fourth-order valence-corrected chi connectivity index (χ4v) is 2.90. The highest BCUT2D eigenvalue weighted by atomic mass is 35.5. The van der Waals surface area contributed by atoms with E-state index in [9.17, 15) is 9.90 Å². The van der Waals surface area contributed by atoms with Gasteiger partial charge in [0.1, 0.15) is 0 Å². The van der Waals surface area contributed by atoms with E-state index in [4.69, 9.17) is 32.7 Å². The molecule has 4 nitrogen and oxygen atoms in total. The van der Waals surface area contributed by atoms with Crippen molar-refractivity contribution in [2.75, 3.05) is 6.61 Å². The van der Waals surface area contributed by atoms with Crippen LogP contribution in [0.2, 0.25) is 10.0 Å². The molecule has 0 bridgehead atoms. The summed E-state index contributed by atoms with van der Waals surface area (Å²) in [5.41, 5.74) is 1.01. The van der Waals surface area contributed by atoms with E-state index in [0.717, 1.165) is 0 Å².